The minimum atomic E-state index is 0.357. The highest BCUT2D eigenvalue weighted by Crippen LogP contribution is 2.14. The standard InChI is InChI=1S/C11H11N3O/c1-15-11-12-8-7-10(14-11)13-9-5-3-2-4-6-9/h2-8H,1H3,(H,12,13,14). The average molecular weight is 201 g/mol. The van der Waals surface area contributed by atoms with Gasteiger partial charge in [0.15, 0.2) is 0 Å². The first-order valence-electron chi connectivity index (χ1n) is 4.57. The monoisotopic (exact) mass is 201 g/mol. The molecule has 2 aromatic rings. The SMILES string of the molecule is COc1nccc(Nc2ccccc2)n1. The molecule has 4 nitrogen and oxygen atoms in total. The Hall–Kier alpha value is -2.10. The van der Waals surface area contributed by atoms with Crippen LogP contribution in [0.2, 0.25) is 0 Å². The van der Waals surface area contributed by atoms with Crippen molar-refractivity contribution >= 4 is 11.5 Å². The summed E-state index contributed by atoms with van der Waals surface area (Å²) in [6.07, 6.45) is 1.65. The number of nitrogens with zero attached hydrogens (tertiary/aromatic N) is 2. The molecule has 2 rings (SSSR count). The lowest BCUT2D eigenvalue weighted by Crippen LogP contribution is -1.96. The van der Waals surface area contributed by atoms with Crippen LogP contribution in [0.5, 0.6) is 6.01 Å². The molecule has 1 heterocycles. The Balaban J connectivity index is 2.17. The highest BCUT2D eigenvalue weighted by atomic mass is 16.5. The van der Waals surface area contributed by atoms with Crippen molar-refractivity contribution in [2.24, 2.45) is 0 Å². The molecular formula is C11H11N3O. The average Bonchev–Trinajstić information content (AvgIpc) is 2.31. The van der Waals surface area contributed by atoms with Crippen molar-refractivity contribution in [2.45, 2.75) is 0 Å². The van der Waals surface area contributed by atoms with E-state index in [1.54, 1.807) is 19.4 Å². The van der Waals surface area contributed by atoms with E-state index < -0.39 is 0 Å². The van der Waals surface area contributed by atoms with Crippen LogP contribution in [0.1, 0.15) is 0 Å². The second-order valence-electron chi connectivity index (χ2n) is 2.92. The Bertz CT molecular complexity index is 431. The van der Waals surface area contributed by atoms with Crippen LogP contribution in [0.4, 0.5) is 11.5 Å². The number of anilines is 2. The molecule has 0 aliphatic heterocycles. The Kier molecular flexibility index (Phi) is 2.78. The quantitative estimate of drug-likeness (QED) is 0.827. The molecule has 0 unspecified atom stereocenters. The van der Waals surface area contributed by atoms with E-state index in [-0.39, 0.29) is 0 Å². The zero-order chi connectivity index (χ0) is 10.5. The molecule has 0 spiro atoms. The number of para-hydroxylation sites is 1. The second-order valence-corrected chi connectivity index (χ2v) is 2.92. The molecule has 0 bridgehead atoms. The van der Waals surface area contributed by atoms with Crippen molar-refractivity contribution in [1.82, 2.24) is 9.97 Å². The fourth-order valence-corrected chi connectivity index (χ4v) is 1.18. The normalized spacial score (nSPS) is 9.67. The molecule has 0 saturated carbocycles. The van der Waals surface area contributed by atoms with Gasteiger partial charge in [0, 0.05) is 11.9 Å². The summed E-state index contributed by atoms with van der Waals surface area (Å²) in [5.41, 5.74) is 0.984. The van der Waals surface area contributed by atoms with Gasteiger partial charge in [0.1, 0.15) is 5.82 Å². The van der Waals surface area contributed by atoms with Gasteiger partial charge in [-0.15, -0.1) is 0 Å². The van der Waals surface area contributed by atoms with Crippen molar-refractivity contribution in [3.8, 4) is 6.01 Å². The molecule has 0 aliphatic carbocycles. The first kappa shape index (κ1) is 9.45. The van der Waals surface area contributed by atoms with E-state index >= 15 is 0 Å². The highest BCUT2D eigenvalue weighted by molar-refractivity contribution is 5.55. The van der Waals surface area contributed by atoms with E-state index in [1.807, 2.05) is 30.3 Å². The Morgan fingerprint density at radius 1 is 1.13 bits per heavy atom. The molecule has 1 aromatic carbocycles. The lowest BCUT2D eigenvalue weighted by Gasteiger charge is -2.05. The maximum atomic E-state index is 4.93. The van der Waals surface area contributed by atoms with Gasteiger partial charge in [-0.25, -0.2) is 4.98 Å². The number of nitrogens with one attached hydrogen (secondary N) is 1. The zero-order valence-electron chi connectivity index (χ0n) is 8.34. The number of benzene rings is 1. The number of hydrogen-bond donors (Lipinski definition) is 1. The largest absolute Gasteiger partial charge is 0.467 e. The molecule has 1 aromatic heterocycles. The van der Waals surface area contributed by atoms with Gasteiger partial charge in [0.2, 0.25) is 0 Å². The van der Waals surface area contributed by atoms with Crippen molar-refractivity contribution in [2.75, 3.05) is 12.4 Å². The Labute approximate surface area is 88.0 Å². The number of hydrogen-bond acceptors (Lipinski definition) is 4. The lowest BCUT2D eigenvalue weighted by molar-refractivity contribution is 0.380. The van der Waals surface area contributed by atoms with Crippen LogP contribution in [0.3, 0.4) is 0 Å². The predicted molar refractivity (Wildman–Crippen MR) is 58.3 cm³/mol. The van der Waals surface area contributed by atoms with Gasteiger partial charge in [0.05, 0.1) is 7.11 Å². The topological polar surface area (TPSA) is 47.0 Å². The van der Waals surface area contributed by atoms with Gasteiger partial charge in [-0.1, -0.05) is 18.2 Å². The summed E-state index contributed by atoms with van der Waals surface area (Å²) in [6.45, 7) is 0. The van der Waals surface area contributed by atoms with Crippen LogP contribution in [-0.2, 0) is 0 Å². The summed E-state index contributed by atoms with van der Waals surface area (Å²) in [5, 5.41) is 3.15. The number of ether oxygens (including phenoxy) is 1. The number of aromatic nitrogens is 2. The minimum Gasteiger partial charge on any atom is -0.467 e. The van der Waals surface area contributed by atoms with Gasteiger partial charge in [-0.3, -0.25) is 0 Å². The molecule has 76 valence electrons. The fourth-order valence-electron chi connectivity index (χ4n) is 1.18. The lowest BCUT2D eigenvalue weighted by atomic mass is 10.3. The van der Waals surface area contributed by atoms with Crippen molar-refractivity contribution < 1.29 is 4.74 Å². The molecule has 0 atom stereocenters. The summed E-state index contributed by atoms with van der Waals surface area (Å²) >= 11 is 0. The van der Waals surface area contributed by atoms with E-state index in [9.17, 15) is 0 Å². The van der Waals surface area contributed by atoms with E-state index in [4.69, 9.17) is 4.74 Å². The summed E-state index contributed by atoms with van der Waals surface area (Å²) < 4.78 is 4.93. The molecule has 1 N–H and O–H groups in total. The minimum absolute atomic E-state index is 0.357. The van der Waals surface area contributed by atoms with Gasteiger partial charge >= 0.3 is 6.01 Å². The molecule has 0 saturated heterocycles. The van der Waals surface area contributed by atoms with Gasteiger partial charge in [-0.2, -0.15) is 4.98 Å². The van der Waals surface area contributed by atoms with Crippen LogP contribution < -0.4 is 10.1 Å². The van der Waals surface area contributed by atoms with Gasteiger partial charge < -0.3 is 10.1 Å². The molecule has 0 amide bonds. The third-order valence-corrected chi connectivity index (χ3v) is 1.86. The first-order chi connectivity index (χ1) is 7.38. The van der Waals surface area contributed by atoms with E-state index in [0.717, 1.165) is 5.69 Å². The Morgan fingerprint density at radius 3 is 2.67 bits per heavy atom. The van der Waals surface area contributed by atoms with E-state index in [1.165, 1.54) is 0 Å². The smallest absolute Gasteiger partial charge is 0.318 e. The Morgan fingerprint density at radius 2 is 1.93 bits per heavy atom. The third kappa shape index (κ3) is 2.43. The van der Waals surface area contributed by atoms with Crippen molar-refractivity contribution in [3.05, 3.63) is 42.6 Å². The van der Waals surface area contributed by atoms with Crippen LogP contribution in [0.25, 0.3) is 0 Å². The molecule has 0 aliphatic rings. The van der Waals surface area contributed by atoms with E-state index in [2.05, 4.69) is 15.3 Å². The second kappa shape index (κ2) is 4.41. The molecule has 4 heteroatoms. The van der Waals surface area contributed by atoms with Crippen LogP contribution in [0, 0.1) is 0 Å². The fraction of sp³-hybridized carbons (Fsp3) is 0.0909. The van der Waals surface area contributed by atoms with Crippen molar-refractivity contribution in [3.63, 3.8) is 0 Å². The van der Waals surface area contributed by atoms with Crippen LogP contribution in [-0.4, -0.2) is 17.1 Å². The third-order valence-electron chi connectivity index (χ3n) is 1.86. The van der Waals surface area contributed by atoms with Crippen molar-refractivity contribution in [1.29, 1.82) is 0 Å². The predicted octanol–water partition coefficient (Wildman–Crippen LogP) is 2.23. The summed E-state index contributed by atoms with van der Waals surface area (Å²) in [5.74, 6) is 0.716. The van der Waals surface area contributed by atoms with Crippen LogP contribution >= 0.6 is 0 Å². The summed E-state index contributed by atoms with van der Waals surface area (Å²) in [4.78, 5) is 8.07. The summed E-state index contributed by atoms with van der Waals surface area (Å²) in [7, 11) is 1.54. The molecular weight excluding hydrogens is 190 g/mol. The zero-order valence-corrected chi connectivity index (χ0v) is 8.34. The van der Waals surface area contributed by atoms with Gasteiger partial charge in [-0.05, 0) is 18.2 Å². The van der Waals surface area contributed by atoms with Gasteiger partial charge in [0.25, 0.3) is 0 Å². The van der Waals surface area contributed by atoms with Crippen LogP contribution in [0.15, 0.2) is 42.6 Å². The molecule has 0 fully saturated rings. The highest BCUT2D eigenvalue weighted by Gasteiger charge is 1.98. The molecule has 15 heavy (non-hydrogen) atoms. The summed E-state index contributed by atoms with van der Waals surface area (Å²) in [6, 6.07) is 12.0. The van der Waals surface area contributed by atoms with E-state index in [0.29, 0.717) is 11.8 Å². The number of methoxy groups -OCH3 is 1. The first-order valence-corrected chi connectivity index (χ1v) is 4.57. The number of rotatable bonds is 3. The maximum Gasteiger partial charge on any atom is 0.318 e. The maximum absolute atomic E-state index is 4.93. The molecule has 0 radical (unpaired) electrons.